The van der Waals surface area contributed by atoms with Crippen LogP contribution >= 0.6 is 11.9 Å². The molecule has 1 aromatic carbocycles. The number of rotatable bonds is 14. The van der Waals surface area contributed by atoms with E-state index in [4.69, 9.17) is 9.21 Å². The quantitative estimate of drug-likeness (QED) is 0.270. The van der Waals surface area contributed by atoms with Crippen LogP contribution in [-0.4, -0.2) is 17.6 Å². The fourth-order valence-electron chi connectivity index (χ4n) is 3.00. The first-order valence-corrected chi connectivity index (χ1v) is 11.5. The number of hydrogen-bond acceptors (Lipinski definition) is 3. The SMILES string of the molecule is CCCCCCCCCCCCCCc1ccc(S(=O)(=O)O)cc1.OCl.[Na+]. The molecule has 0 aromatic heterocycles. The minimum atomic E-state index is -4.07. The van der Waals surface area contributed by atoms with Crippen LogP contribution in [0, 0.1) is 0 Å². The molecule has 1 rings (SSSR count). The van der Waals surface area contributed by atoms with Crippen molar-refractivity contribution in [3.05, 3.63) is 29.8 Å². The minimum Gasteiger partial charge on any atom is -0.295 e. The van der Waals surface area contributed by atoms with Gasteiger partial charge in [0, 0.05) is 0 Å². The fourth-order valence-corrected chi connectivity index (χ4v) is 3.48. The molecule has 7 heteroatoms. The van der Waals surface area contributed by atoms with E-state index in [1.807, 2.05) is 0 Å². The van der Waals surface area contributed by atoms with Gasteiger partial charge in [0.25, 0.3) is 10.1 Å². The van der Waals surface area contributed by atoms with Gasteiger partial charge in [-0.3, -0.25) is 9.21 Å². The van der Waals surface area contributed by atoms with Crippen molar-refractivity contribution in [2.45, 2.75) is 95.3 Å². The molecule has 0 heterocycles. The molecule has 4 nitrogen and oxygen atoms in total. The van der Waals surface area contributed by atoms with Crippen LogP contribution in [0.3, 0.4) is 0 Å². The van der Waals surface area contributed by atoms with Crippen LogP contribution in [0.2, 0.25) is 0 Å². The maximum atomic E-state index is 11.0. The van der Waals surface area contributed by atoms with E-state index in [2.05, 4.69) is 18.8 Å². The molecule has 0 fully saturated rings. The number of halogens is 1. The Balaban J connectivity index is 0. The summed E-state index contributed by atoms with van der Waals surface area (Å²) < 4.78 is 37.4. The van der Waals surface area contributed by atoms with Crippen molar-refractivity contribution in [1.82, 2.24) is 0 Å². The molecule has 0 radical (unpaired) electrons. The molecule has 0 amide bonds. The van der Waals surface area contributed by atoms with E-state index in [0.29, 0.717) is 0 Å². The molecule has 0 aliphatic heterocycles. The summed E-state index contributed by atoms with van der Waals surface area (Å²) in [6, 6.07) is 6.54. The van der Waals surface area contributed by atoms with Crippen molar-refractivity contribution >= 4 is 22.0 Å². The number of aryl methyl sites for hydroxylation is 1. The molecular weight excluding hydrogens is 395 g/mol. The molecule has 0 saturated carbocycles. The van der Waals surface area contributed by atoms with Crippen LogP contribution in [-0.2, 0) is 16.5 Å². The van der Waals surface area contributed by atoms with Gasteiger partial charge in [0.2, 0.25) is 0 Å². The third-order valence-electron chi connectivity index (χ3n) is 4.54. The first kappa shape index (κ1) is 29.6. The van der Waals surface area contributed by atoms with Gasteiger partial charge in [0.1, 0.15) is 0 Å². The Morgan fingerprint density at radius 2 is 1.11 bits per heavy atom. The van der Waals surface area contributed by atoms with Crippen molar-refractivity contribution < 1.29 is 47.2 Å². The van der Waals surface area contributed by atoms with Gasteiger partial charge in [-0.15, -0.1) is 0 Å². The average Bonchev–Trinajstić information content (AvgIpc) is 2.64. The molecule has 152 valence electrons. The molecule has 2 N–H and O–H groups in total. The minimum absolute atomic E-state index is 0. The third-order valence-corrected chi connectivity index (χ3v) is 5.41. The first-order chi connectivity index (χ1) is 12.5. The van der Waals surface area contributed by atoms with Gasteiger partial charge < -0.3 is 0 Å². The standard InChI is InChI=1S/C20H34O3S.ClHO.Na/c1-2-3-4-5-6-7-8-9-10-11-12-13-14-19-15-17-20(18-16-19)24(21,22)23;1-2;/h15-18H,2-14H2,1H3,(H,21,22,23);2H;/q;;+1. The van der Waals surface area contributed by atoms with Crippen molar-refractivity contribution in [2.75, 3.05) is 0 Å². The topological polar surface area (TPSA) is 74.6 Å². The molecule has 0 aliphatic carbocycles. The van der Waals surface area contributed by atoms with Crippen molar-refractivity contribution in [2.24, 2.45) is 0 Å². The fraction of sp³-hybridized carbons (Fsp3) is 0.700. The molecule has 0 spiro atoms. The number of unbranched alkanes of at least 4 members (excludes halogenated alkanes) is 11. The monoisotopic (exact) mass is 429 g/mol. The van der Waals surface area contributed by atoms with Gasteiger partial charge >= 0.3 is 29.6 Å². The third kappa shape index (κ3) is 17.0. The second-order valence-electron chi connectivity index (χ2n) is 6.76. The molecule has 27 heavy (non-hydrogen) atoms. The summed E-state index contributed by atoms with van der Waals surface area (Å²) in [6.45, 7) is 2.26. The maximum Gasteiger partial charge on any atom is 1.00 e. The maximum absolute atomic E-state index is 11.0. The Kier molecular flexibility index (Phi) is 21.6. The van der Waals surface area contributed by atoms with Crippen LogP contribution in [0.25, 0.3) is 0 Å². The van der Waals surface area contributed by atoms with Crippen molar-refractivity contribution in [3.8, 4) is 0 Å². The summed E-state index contributed by atoms with van der Waals surface area (Å²) in [5.74, 6) is 0. The van der Waals surface area contributed by atoms with E-state index in [-0.39, 0.29) is 34.5 Å². The van der Waals surface area contributed by atoms with E-state index in [9.17, 15) is 8.42 Å². The molecule has 0 saturated heterocycles. The molecule has 0 aliphatic rings. The van der Waals surface area contributed by atoms with E-state index in [0.717, 1.165) is 18.4 Å². The summed E-state index contributed by atoms with van der Waals surface area (Å²) in [6.07, 6.45) is 17.0. The number of hydrogen-bond donors (Lipinski definition) is 2. The van der Waals surface area contributed by atoms with Gasteiger partial charge in [-0.2, -0.15) is 8.42 Å². The largest absolute Gasteiger partial charge is 1.00 e. The van der Waals surface area contributed by atoms with Crippen LogP contribution in [0.1, 0.15) is 89.5 Å². The molecule has 0 atom stereocenters. The summed E-state index contributed by atoms with van der Waals surface area (Å²) in [4.78, 5) is -0.0269. The predicted octanol–water partition coefficient (Wildman–Crippen LogP) is 3.31. The van der Waals surface area contributed by atoms with E-state index < -0.39 is 10.1 Å². The summed E-state index contributed by atoms with van der Waals surface area (Å²) in [5.41, 5.74) is 1.13. The Bertz CT molecular complexity index is 535. The van der Waals surface area contributed by atoms with Gasteiger partial charge in [-0.25, -0.2) is 0 Å². The zero-order chi connectivity index (χ0) is 19.7. The first-order valence-electron chi connectivity index (χ1n) is 9.77. The summed E-state index contributed by atoms with van der Waals surface area (Å²) in [5, 5.41) is 0. The second kappa shape index (κ2) is 19.7. The number of benzene rings is 1. The van der Waals surface area contributed by atoms with Gasteiger partial charge in [0.05, 0.1) is 16.8 Å². The van der Waals surface area contributed by atoms with Crippen molar-refractivity contribution in [1.29, 1.82) is 0 Å². The zero-order valence-electron chi connectivity index (χ0n) is 17.0. The Hall–Kier alpha value is 0.380. The Morgan fingerprint density at radius 3 is 1.48 bits per heavy atom. The van der Waals surface area contributed by atoms with E-state index >= 15 is 0 Å². The molecule has 1 aromatic rings. The van der Waals surface area contributed by atoms with Crippen LogP contribution in [0.15, 0.2) is 29.2 Å². The summed E-state index contributed by atoms with van der Waals surface area (Å²) in [7, 11) is -4.07. The molecule has 0 bridgehead atoms. The zero-order valence-corrected chi connectivity index (χ0v) is 20.6. The smallest absolute Gasteiger partial charge is 0.295 e. The predicted molar refractivity (Wildman–Crippen MR) is 109 cm³/mol. The van der Waals surface area contributed by atoms with Crippen LogP contribution in [0.5, 0.6) is 0 Å². The van der Waals surface area contributed by atoms with E-state index in [1.54, 1.807) is 12.1 Å². The van der Waals surface area contributed by atoms with Crippen LogP contribution in [0.4, 0.5) is 0 Å². The summed E-state index contributed by atoms with van der Waals surface area (Å²) >= 11 is 3.64. The molecular formula is C20H35ClNaO4S+. The normalized spacial score (nSPS) is 10.7. The van der Waals surface area contributed by atoms with E-state index in [1.165, 1.54) is 82.8 Å². The Labute approximate surface area is 193 Å². The molecule has 0 unspecified atom stereocenters. The van der Waals surface area contributed by atoms with Gasteiger partial charge in [-0.1, -0.05) is 89.7 Å². The second-order valence-corrected chi connectivity index (χ2v) is 8.18. The van der Waals surface area contributed by atoms with Crippen molar-refractivity contribution in [3.63, 3.8) is 0 Å². The Morgan fingerprint density at radius 1 is 0.741 bits per heavy atom. The van der Waals surface area contributed by atoms with Gasteiger partial charge in [-0.05, 0) is 30.5 Å². The van der Waals surface area contributed by atoms with Crippen LogP contribution < -0.4 is 29.6 Å². The van der Waals surface area contributed by atoms with Gasteiger partial charge in [0.15, 0.2) is 0 Å². The average molecular weight is 430 g/mol.